The summed E-state index contributed by atoms with van der Waals surface area (Å²) < 4.78 is 10.5. The van der Waals surface area contributed by atoms with Crippen molar-refractivity contribution >= 4 is 11.6 Å². The first kappa shape index (κ1) is 13.8. The number of carbonyl (C=O) groups excluding carboxylic acids is 1. The summed E-state index contributed by atoms with van der Waals surface area (Å²) in [5.41, 5.74) is 1.68. The van der Waals surface area contributed by atoms with Crippen LogP contribution in [-0.4, -0.2) is 36.7 Å². The molecule has 2 N–H and O–H groups in total. The number of amides is 1. The van der Waals surface area contributed by atoms with Gasteiger partial charge in [-0.15, -0.1) is 0 Å². The van der Waals surface area contributed by atoms with Gasteiger partial charge in [-0.2, -0.15) is 0 Å². The van der Waals surface area contributed by atoms with E-state index in [1.807, 2.05) is 24.3 Å². The van der Waals surface area contributed by atoms with E-state index in [-0.39, 0.29) is 18.1 Å². The molecule has 21 heavy (non-hydrogen) atoms. The molecule has 110 valence electrons. The molecule has 1 aromatic carbocycles. The molecule has 0 bridgehead atoms. The topological polar surface area (TPSA) is 76.4 Å². The van der Waals surface area contributed by atoms with Crippen LogP contribution in [0.3, 0.4) is 0 Å². The summed E-state index contributed by atoms with van der Waals surface area (Å²) >= 11 is 0. The van der Waals surface area contributed by atoms with Crippen LogP contribution in [0.4, 0.5) is 5.69 Å². The van der Waals surface area contributed by atoms with E-state index in [4.69, 9.17) is 9.15 Å². The van der Waals surface area contributed by atoms with Gasteiger partial charge in [0.05, 0.1) is 18.3 Å². The fraction of sp³-hybridized carbons (Fsp3) is 0.333. The van der Waals surface area contributed by atoms with Gasteiger partial charge < -0.3 is 19.8 Å². The van der Waals surface area contributed by atoms with Gasteiger partial charge in [-0.1, -0.05) is 0 Å². The van der Waals surface area contributed by atoms with Crippen molar-refractivity contribution in [3.63, 3.8) is 0 Å². The molecule has 0 radical (unpaired) electrons. The van der Waals surface area contributed by atoms with E-state index in [0.29, 0.717) is 18.7 Å². The molecule has 1 amide bonds. The predicted octanol–water partition coefficient (Wildman–Crippen LogP) is 1.66. The lowest BCUT2D eigenvalue weighted by atomic mass is 10.1. The fourth-order valence-corrected chi connectivity index (χ4v) is 2.39. The molecule has 2 unspecified atom stereocenters. The SMILES string of the molecule is COC1CNC(C(=O)Nc2ccc(-c3cnco3)cc2)C1. The molecule has 1 aliphatic heterocycles. The minimum Gasteiger partial charge on any atom is -0.444 e. The molecular weight excluding hydrogens is 270 g/mol. The van der Waals surface area contributed by atoms with Gasteiger partial charge in [0.2, 0.25) is 5.91 Å². The van der Waals surface area contributed by atoms with Crippen LogP contribution >= 0.6 is 0 Å². The Morgan fingerprint density at radius 1 is 1.43 bits per heavy atom. The lowest BCUT2D eigenvalue weighted by Gasteiger charge is -2.11. The second kappa shape index (κ2) is 6.07. The van der Waals surface area contributed by atoms with Gasteiger partial charge >= 0.3 is 0 Å². The maximum Gasteiger partial charge on any atom is 0.241 e. The van der Waals surface area contributed by atoms with Crippen molar-refractivity contribution in [3.05, 3.63) is 36.9 Å². The Kier molecular flexibility index (Phi) is 3.98. The zero-order valence-corrected chi connectivity index (χ0v) is 11.7. The Labute approximate surface area is 122 Å². The van der Waals surface area contributed by atoms with Gasteiger partial charge in [0, 0.05) is 24.9 Å². The van der Waals surface area contributed by atoms with Crippen LogP contribution in [0.5, 0.6) is 0 Å². The van der Waals surface area contributed by atoms with Crippen molar-refractivity contribution in [2.24, 2.45) is 0 Å². The number of rotatable bonds is 4. The summed E-state index contributed by atoms with van der Waals surface area (Å²) in [6.07, 6.45) is 3.84. The third-order valence-electron chi connectivity index (χ3n) is 3.61. The largest absolute Gasteiger partial charge is 0.444 e. The molecule has 2 heterocycles. The number of ether oxygens (including phenoxy) is 1. The van der Waals surface area contributed by atoms with E-state index in [1.54, 1.807) is 13.3 Å². The lowest BCUT2D eigenvalue weighted by Crippen LogP contribution is -2.35. The van der Waals surface area contributed by atoms with Crippen molar-refractivity contribution in [1.82, 2.24) is 10.3 Å². The number of oxazole rings is 1. The highest BCUT2D eigenvalue weighted by Gasteiger charge is 2.29. The first-order chi connectivity index (χ1) is 10.3. The van der Waals surface area contributed by atoms with Crippen LogP contribution in [0.25, 0.3) is 11.3 Å². The molecular formula is C15H17N3O3. The Balaban J connectivity index is 1.62. The summed E-state index contributed by atoms with van der Waals surface area (Å²) in [6, 6.07) is 7.26. The summed E-state index contributed by atoms with van der Waals surface area (Å²) in [6.45, 7) is 0.707. The van der Waals surface area contributed by atoms with Gasteiger partial charge in [-0.25, -0.2) is 4.98 Å². The number of hydrogen-bond donors (Lipinski definition) is 2. The van der Waals surface area contributed by atoms with Crippen molar-refractivity contribution in [1.29, 1.82) is 0 Å². The zero-order valence-electron chi connectivity index (χ0n) is 11.7. The summed E-state index contributed by atoms with van der Waals surface area (Å²) in [4.78, 5) is 16.0. The van der Waals surface area contributed by atoms with E-state index in [1.165, 1.54) is 6.39 Å². The van der Waals surface area contributed by atoms with Crippen LogP contribution in [0.2, 0.25) is 0 Å². The molecule has 1 fully saturated rings. The minimum atomic E-state index is -0.205. The quantitative estimate of drug-likeness (QED) is 0.894. The second-order valence-electron chi connectivity index (χ2n) is 4.99. The Morgan fingerprint density at radius 3 is 2.86 bits per heavy atom. The number of nitrogens with zero attached hydrogens (tertiary/aromatic N) is 1. The van der Waals surface area contributed by atoms with E-state index < -0.39 is 0 Å². The standard InChI is InChI=1S/C15H17N3O3/c1-20-12-6-13(17-7-12)15(19)18-11-4-2-10(3-5-11)14-8-16-9-21-14/h2-5,8-9,12-13,17H,6-7H2,1H3,(H,18,19). The van der Waals surface area contributed by atoms with Crippen molar-refractivity contribution in [2.45, 2.75) is 18.6 Å². The van der Waals surface area contributed by atoms with Crippen LogP contribution in [0, 0.1) is 0 Å². The van der Waals surface area contributed by atoms with Crippen molar-refractivity contribution in [2.75, 3.05) is 19.0 Å². The molecule has 1 aromatic heterocycles. The molecule has 0 aliphatic carbocycles. The van der Waals surface area contributed by atoms with Crippen LogP contribution in [0.15, 0.2) is 41.3 Å². The van der Waals surface area contributed by atoms with Gasteiger partial charge in [-0.05, 0) is 30.7 Å². The normalized spacial score (nSPS) is 21.4. The maximum atomic E-state index is 12.1. The number of benzene rings is 1. The van der Waals surface area contributed by atoms with E-state index in [0.717, 1.165) is 11.3 Å². The zero-order chi connectivity index (χ0) is 14.7. The van der Waals surface area contributed by atoms with E-state index >= 15 is 0 Å². The molecule has 6 nitrogen and oxygen atoms in total. The smallest absolute Gasteiger partial charge is 0.241 e. The second-order valence-corrected chi connectivity index (χ2v) is 4.99. The molecule has 1 aliphatic rings. The third kappa shape index (κ3) is 3.12. The molecule has 3 rings (SSSR count). The summed E-state index contributed by atoms with van der Waals surface area (Å²) in [7, 11) is 1.66. The number of carbonyl (C=O) groups is 1. The van der Waals surface area contributed by atoms with Crippen LogP contribution < -0.4 is 10.6 Å². The highest BCUT2D eigenvalue weighted by atomic mass is 16.5. The first-order valence-corrected chi connectivity index (χ1v) is 6.82. The molecule has 1 saturated heterocycles. The third-order valence-corrected chi connectivity index (χ3v) is 3.61. The average molecular weight is 287 g/mol. The molecule has 2 aromatic rings. The number of hydrogen-bond acceptors (Lipinski definition) is 5. The van der Waals surface area contributed by atoms with Gasteiger partial charge in [0.1, 0.15) is 0 Å². The molecule has 0 saturated carbocycles. The lowest BCUT2D eigenvalue weighted by molar-refractivity contribution is -0.118. The minimum absolute atomic E-state index is 0.0398. The molecule has 2 atom stereocenters. The summed E-state index contributed by atoms with van der Waals surface area (Å²) in [5, 5.41) is 6.05. The molecule has 0 spiro atoms. The fourth-order valence-electron chi connectivity index (χ4n) is 2.39. The van der Waals surface area contributed by atoms with E-state index in [9.17, 15) is 4.79 Å². The average Bonchev–Trinajstić information content (AvgIpc) is 3.19. The highest BCUT2D eigenvalue weighted by Crippen LogP contribution is 2.21. The van der Waals surface area contributed by atoms with E-state index in [2.05, 4.69) is 15.6 Å². The Hall–Kier alpha value is -2.18. The number of nitrogens with one attached hydrogen (secondary N) is 2. The monoisotopic (exact) mass is 287 g/mol. The van der Waals surface area contributed by atoms with Gasteiger partial charge in [0.15, 0.2) is 12.2 Å². The number of aromatic nitrogens is 1. The first-order valence-electron chi connectivity index (χ1n) is 6.82. The van der Waals surface area contributed by atoms with Gasteiger partial charge in [0.25, 0.3) is 0 Å². The summed E-state index contributed by atoms with van der Waals surface area (Å²) in [5.74, 6) is 0.662. The maximum absolute atomic E-state index is 12.1. The van der Waals surface area contributed by atoms with Gasteiger partial charge in [-0.3, -0.25) is 4.79 Å². The number of methoxy groups -OCH3 is 1. The predicted molar refractivity (Wildman–Crippen MR) is 77.8 cm³/mol. The van der Waals surface area contributed by atoms with Crippen molar-refractivity contribution < 1.29 is 13.9 Å². The highest BCUT2D eigenvalue weighted by molar-refractivity contribution is 5.95. The molecule has 6 heteroatoms. The Bertz CT molecular complexity index is 595. The van der Waals surface area contributed by atoms with Crippen LogP contribution in [-0.2, 0) is 9.53 Å². The number of anilines is 1. The van der Waals surface area contributed by atoms with Crippen molar-refractivity contribution in [3.8, 4) is 11.3 Å². The van der Waals surface area contributed by atoms with Crippen LogP contribution in [0.1, 0.15) is 6.42 Å². The Morgan fingerprint density at radius 2 is 2.24 bits per heavy atom.